The Labute approximate surface area is 153 Å². The Bertz CT molecular complexity index is 826. The van der Waals surface area contributed by atoms with Gasteiger partial charge < -0.3 is 14.5 Å². The summed E-state index contributed by atoms with van der Waals surface area (Å²) in [7, 11) is 1.87. The van der Waals surface area contributed by atoms with Crippen LogP contribution in [0.3, 0.4) is 0 Å². The molecule has 2 heterocycles. The molecule has 2 aliphatic heterocycles. The zero-order valence-corrected chi connectivity index (χ0v) is 14.9. The molecular formula is C21H22N2O3. The van der Waals surface area contributed by atoms with E-state index in [9.17, 15) is 9.59 Å². The average Bonchev–Trinajstić information content (AvgIpc) is 2.90. The molecule has 2 aromatic rings. The first-order valence-electron chi connectivity index (χ1n) is 8.95. The molecule has 0 N–H and O–H groups in total. The number of carbonyl (C=O) groups excluding carboxylic acids is 2. The Balaban J connectivity index is 1.43. The van der Waals surface area contributed by atoms with Crippen molar-refractivity contribution in [3.63, 3.8) is 0 Å². The zero-order chi connectivity index (χ0) is 18.1. The van der Waals surface area contributed by atoms with E-state index in [2.05, 4.69) is 0 Å². The third-order valence-electron chi connectivity index (χ3n) is 5.66. The van der Waals surface area contributed by atoms with Crippen LogP contribution in [0.15, 0.2) is 54.6 Å². The molecule has 2 amide bonds. The molecule has 1 spiro atoms. The van der Waals surface area contributed by atoms with E-state index in [-0.39, 0.29) is 24.1 Å². The molecule has 2 aliphatic rings. The fourth-order valence-corrected chi connectivity index (χ4v) is 4.11. The van der Waals surface area contributed by atoms with Gasteiger partial charge >= 0.3 is 6.09 Å². The minimum absolute atomic E-state index is 0.0701. The summed E-state index contributed by atoms with van der Waals surface area (Å²) in [5.41, 5.74) is 2.55. The Kier molecular flexibility index (Phi) is 4.15. The van der Waals surface area contributed by atoms with Crippen molar-refractivity contribution in [1.29, 1.82) is 0 Å². The summed E-state index contributed by atoms with van der Waals surface area (Å²) in [5.74, 6) is 0.0701. The molecule has 5 nitrogen and oxygen atoms in total. The highest BCUT2D eigenvalue weighted by atomic mass is 16.6. The van der Waals surface area contributed by atoms with Crippen LogP contribution in [-0.2, 0) is 16.9 Å². The molecule has 0 bridgehead atoms. The van der Waals surface area contributed by atoms with Crippen molar-refractivity contribution in [2.45, 2.75) is 25.0 Å². The first-order chi connectivity index (χ1) is 12.6. The summed E-state index contributed by atoms with van der Waals surface area (Å²) in [6.07, 6.45) is 1.17. The second kappa shape index (κ2) is 6.48. The van der Waals surface area contributed by atoms with Gasteiger partial charge in [-0.15, -0.1) is 0 Å². The van der Waals surface area contributed by atoms with Crippen LogP contribution in [0, 0.1) is 0 Å². The van der Waals surface area contributed by atoms with Gasteiger partial charge in [-0.2, -0.15) is 0 Å². The summed E-state index contributed by atoms with van der Waals surface area (Å²) in [4.78, 5) is 28.5. The van der Waals surface area contributed by atoms with E-state index < -0.39 is 0 Å². The zero-order valence-electron chi connectivity index (χ0n) is 14.9. The molecule has 0 aromatic heterocycles. The Morgan fingerprint density at radius 1 is 1.04 bits per heavy atom. The van der Waals surface area contributed by atoms with Gasteiger partial charge in [-0.3, -0.25) is 4.79 Å². The van der Waals surface area contributed by atoms with E-state index in [1.165, 1.54) is 0 Å². The maximum atomic E-state index is 12.6. The highest BCUT2D eigenvalue weighted by Crippen LogP contribution is 2.45. The Morgan fingerprint density at radius 3 is 2.42 bits per heavy atom. The highest BCUT2D eigenvalue weighted by Gasteiger charge is 2.49. The van der Waals surface area contributed by atoms with Gasteiger partial charge in [0.2, 0.25) is 0 Å². The maximum absolute atomic E-state index is 12.6. The lowest BCUT2D eigenvalue weighted by Crippen LogP contribution is -2.51. The van der Waals surface area contributed by atoms with Crippen molar-refractivity contribution < 1.29 is 14.3 Å². The summed E-state index contributed by atoms with van der Waals surface area (Å²) in [6.45, 7) is 1.45. The number of amides is 2. The smallest absolute Gasteiger partial charge is 0.410 e. The molecule has 4 rings (SSSR count). The molecule has 1 fully saturated rings. The van der Waals surface area contributed by atoms with E-state index in [1.54, 1.807) is 4.90 Å². The number of fused-ring (bicyclic) bond motifs is 2. The van der Waals surface area contributed by atoms with E-state index >= 15 is 0 Å². The number of piperidine rings is 1. The van der Waals surface area contributed by atoms with Crippen LogP contribution in [-0.4, -0.2) is 41.9 Å². The molecule has 0 atom stereocenters. The number of nitrogens with zero attached hydrogens (tertiary/aromatic N) is 2. The van der Waals surface area contributed by atoms with Crippen molar-refractivity contribution in [3.05, 3.63) is 71.3 Å². The number of hydrogen-bond acceptors (Lipinski definition) is 3. The van der Waals surface area contributed by atoms with Crippen LogP contribution < -0.4 is 0 Å². The SMILES string of the molecule is CN1C(=O)c2ccccc2C12CCN(C(=O)OCc1ccccc1)CC2. The topological polar surface area (TPSA) is 49.9 Å². The fraction of sp³-hybridized carbons (Fsp3) is 0.333. The van der Waals surface area contributed by atoms with Crippen molar-refractivity contribution in [1.82, 2.24) is 9.80 Å². The standard InChI is InChI=1S/C21H22N2O3/c1-22-19(24)17-9-5-6-10-18(17)21(22)11-13-23(14-12-21)20(25)26-15-16-7-3-2-4-8-16/h2-10H,11-15H2,1H3. The maximum Gasteiger partial charge on any atom is 0.410 e. The molecule has 26 heavy (non-hydrogen) atoms. The summed E-state index contributed by atoms with van der Waals surface area (Å²) in [5, 5.41) is 0. The van der Waals surface area contributed by atoms with Gasteiger partial charge in [-0.05, 0) is 30.0 Å². The second-order valence-electron chi connectivity index (χ2n) is 6.97. The van der Waals surface area contributed by atoms with E-state index in [1.807, 2.05) is 66.5 Å². The van der Waals surface area contributed by atoms with Gasteiger partial charge in [0.1, 0.15) is 6.61 Å². The lowest BCUT2D eigenvalue weighted by atomic mass is 9.81. The van der Waals surface area contributed by atoms with Crippen LogP contribution >= 0.6 is 0 Å². The lowest BCUT2D eigenvalue weighted by molar-refractivity contribution is 0.0320. The largest absolute Gasteiger partial charge is 0.445 e. The van der Waals surface area contributed by atoms with Gasteiger partial charge in [0.25, 0.3) is 5.91 Å². The highest BCUT2D eigenvalue weighted by molar-refractivity contribution is 5.99. The molecule has 0 aliphatic carbocycles. The summed E-state index contributed by atoms with van der Waals surface area (Å²) >= 11 is 0. The van der Waals surface area contributed by atoms with Gasteiger partial charge in [0, 0.05) is 25.7 Å². The van der Waals surface area contributed by atoms with Gasteiger partial charge in [-0.25, -0.2) is 4.79 Å². The molecule has 134 valence electrons. The number of ether oxygens (including phenoxy) is 1. The number of likely N-dealkylation sites (tertiary alicyclic amines) is 1. The average molecular weight is 350 g/mol. The van der Waals surface area contributed by atoms with Crippen molar-refractivity contribution in [2.24, 2.45) is 0 Å². The molecule has 0 unspecified atom stereocenters. The quantitative estimate of drug-likeness (QED) is 0.834. The molecule has 5 heteroatoms. The molecule has 0 radical (unpaired) electrons. The van der Waals surface area contributed by atoms with Crippen LogP contribution in [0.5, 0.6) is 0 Å². The second-order valence-corrected chi connectivity index (χ2v) is 6.97. The normalized spacial score (nSPS) is 18.1. The van der Waals surface area contributed by atoms with Crippen molar-refractivity contribution >= 4 is 12.0 Å². The monoisotopic (exact) mass is 350 g/mol. The molecule has 2 aromatic carbocycles. The van der Waals surface area contributed by atoms with Crippen LogP contribution in [0.4, 0.5) is 4.79 Å². The Morgan fingerprint density at radius 2 is 1.69 bits per heavy atom. The number of rotatable bonds is 2. The van der Waals surface area contributed by atoms with Crippen LogP contribution in [0.2, 0.25) is 0 Å². The van der Waals surface area contributed by atoms with E-state index in [4.69, 9.17) is 4.74 Å². The van der Waals surface area contributed by atoms with Crippen LogP contribution in [0.1, 0.15) is 34.3 Å². The Hall–Kier alpha value is -2.82. The van der Waals surface area contributed by atoms with Crippen molar-refractivity contribution in [2.75, 3.05) is 20.1 Å². The predicted molar refractivity (Wildman–Crippen MR) is 97.6 cm³/mol. The molecule has 1 saturated heterocycles. The summed E-state index contributed by atoms with van der Waals surface area (Å²) in [6, 6.07) is 17.5. The lowest BCUT2D eigenvalue weighted by Gasteiger charge is -2.43. The third kappa shape index (κ3) is 2.64. The first kappa shape index (κ1) is 16.6. The molecule has 0 saturated carbocycles. The van der Waals surface area contributed by atoms with Crippen LogP contribution in [0.25, 0.3) is 0 Å². The number of hydrogen-bond donors (Lipinski definition) is 0. The minimum atomic E-state index is -0.302. The van der Waals surface area contributed by atoms with E-state index in [0.717, 1.165) is 29.5 Å². The van der Waals surface area contributed by atoms with Gasteiger partial charge in [-0.1, -0.05) is 48.5 Å². The number of carbonyl (C=O) groups is 2. The first-order valence-corrected chi connectivity index (χ1v) is 8.95. The van der Waals surface area contributed by atoms with Gasteiger partial charge in [0.05, 0.1) is 5.54 Å². The van der Waals surface area contributed by atoms with Crippen molar-refractivity contribution in [3.8, 4) is 0 Å². The summed E-state index contributed by atoms with van der Waals surface area (Å²) < 4.78 is 5.44. The fourth-order valence-electron chi connectivity index (χ4n) is 4.11. The predicted octanol–water partition coefficient (Wildman–Crippen LogP) is 3.40. The minimum Gasteiger partial charge on any atom is -0.445 e. The van der Waals surface area contributed by atoms with E-state index in [0.29, 0.717) is 13.1 Å². The van der Waals surface area contributed by atoms with Gasteiger partial charge in [0.15, 0.2) is 0 Å². The third-order valence-corrected chi connectivity index (χ3v) is 5.66. The molecular weight excluding hydrogens is 328 g/mol. The number of benzene rings is 2.